The van der Waals surface area contributed by atoms with Crippen molar-refractivity contribution in [2.24, 2.45) is 13.0 Å². The predicted octanol–water partition coefficient (Wildman–Crippen LogP) is 1.15. The molecule has 0 radical (unpaired) electrons. The molecule has 9 nitrogen and oxygen atoms in total. The van der Waals surface area contributed by atoms with Gasteiger partial charge in [0.2, 0.25) is 11.2 Å². The second-order valence-corrected chi connectivity index (χ2v) is 7.67. The van der Waals surface area contributed by atoms with E-state index < -0.39 is 0 Å². The van der Waals surface area contributed by atoms with Crippen LogP contribution in [-0.2, 0) is 24.9 Å². The summed E-state index contributed by atoms with van der Waals surface area (Å²) in [5.41, 5.74) is 1.38. The minimum Gasteiger partial charge on any atom is -0.497 e. The molecule has 0 unspecified atom stereocenters. The molecule has 0 bridgehead atoms. The van der Waals surface area contributed by atoms with Crippen molar-refractivity contribution >= 4 is 22.8 Å². The lowest BCUT2D eigenvalue weighted by Gasteiger charge is -2.26. The van der Waals surface area contributed by atoms with Crippen LogP contribution in [0.5, 0.6) is 5.75 Å². The number of hydrogen-bond donors (Lipinski definition) is 1. The van der Waals surface area contributed by atoms with Gasteiger partial charge >= 0.3 is 11.6 Å². The number of ether oxygens (including phenoxy) is 2. The van der Waals surface area contributed by atoms with Gasteiger partial charge in [-0.1, -0.05) is 6.92 Å². The van der Waals surface area contributed by atoms with Crippen molar-refractivity contribution in [3.05, 3.63) is 45.1 Å². The Morgan fingerprint density at radius 1 is 1.23 bits per heavy atom. The maximum Gasteiger partial charge on any atom is 0.364 e. The lowest BCUT2D eigenvalue weighted by atomic mass is 10.1. The van der Waals surface area contributed by atoms with E-state index in [4.69, 9.17) is 9.47 Å². The second kappa shape index (κ2) is 7.98. The van der Waals surface area contributed by atoms with Crippen molar-refractivity contribution in [3.63, 3.8) is 0 Å². The molecule has 0 saturated carbocycles. The summed E-state index contributed by atoms with van der Waals surface area (Å²) in [4.78, 5) is 31.6. The minimum atomic E-state index is -0.351. The fraction of sp³-hybridized carbons (Fsp3) is 0.476. The highest BCUT2D eigenvalue weighted by molar-refractivity contribution is 5.70. The molecular formula is C21H28N5O4+. The van der Waals surface area contributed by atoms with E-state index in [1.165, 1.54) is 9.13 Å². The highest BCUT2D eigenvalue weighted by atomic mass is 16.5. The number of benzene rings is 1. The van der Waals surface area contributed by atoms with Gasteiger partial charge in [-0.15, -0.1) is 0 Å². The van der Waals surface area contributed by atoms with Crippen molar-refractivity contribution < 1.29 is 14.0 Å². The van der Waals surface area contributed by atoms with Crippen molar-refractivity contribution in [1.82, 2.24) is 14.1 Å². The summed E-state index contributed by atoms with van der Waals surface area (Å²) in [5.74, 6) is 1.90. The summed E-state index contributed by atoms with van der Waals surface area (Å²) in [6.45, 7) is 6.63. The van der Waals surface area contributed by atoms with Gasteiger partial charge in [-0.2, -0.15) is 0 Å². The molecule has 2 aromatic heterocycles. The molecule has 9 heteroatoms. The number of fused-ring (bicyclic) bond motifs is 3. The van der Waals surface area contributed by atoms with Crippen LogP contribution in [0.25, 0.3) is 11.2 Å². The first-order valence-corrected chi connectivity index (χ1v) is 10.2. The van der Waals surface area contributed by atoms with Crippen LogP contribution in [0.1, 0.15) is 13.8 Å². The Bertz CT molecular complexity index is 1180. The molecule has 0 spiro atoms. The zero-order valence-corrected chi connectivity index (χ0v) is 17.8. The van der Waals surface area contributed by atoms with Gasteiger partial charge in [0.1, 0.15) is 11.4 Å². The first-order valence-electron chi connectivity index (χ1n) is 10.2. The monoisotopic (exact) mass is 414 g/mol. The number of anilines is 2. The summed E-state index contributed by atoms with van der Waals surface area (Å²) in [6.07, 6.45) is 0. The molecular weight excluding hydrogens is 386 g/mol. The zero-order valence-electron chi connectivity index (χ0n) is 17.8. The lowest BCUT2D eigenvalue weighted by molar-refractivity contribution is -0.669. The Kier molecular flexibility index (Phi) is 5.38. The van der Waals surface area contributed by atoms with Crippen LogP contribution >= 0.6 is 0 Å². The molecule has 3 aromatic rings. The summed E-state index contributed by atoms with van der Waals surface area (Å²) >= 11 is 0. The topological polar surface area (TPSA) is 85.4 Å². The third kappa shape index (κ3) is 3.28. The van der Waals surface area contributed by atoms with Gasteiger partial charge in [-0.05, 0) is 31.2 Å². The summed E-state index contributed by atoms with van der Waals surface area (Å²) in [5, 5.41) is 0. The number of hydrogen-bond acceptors (Lipinski definition) is 5. The van der Waals surface area contributed by atoms with Crippen LogP contribution in [0.3, 0.4) is 0 Å². The number of imidazole rings is 1. The molecule has 0 saturated heterocycles. The molecule has 0 aliphatic carbocycles. The van der Waals surface area contributed by atoms with Gasteiger partial charge in [-0.25, -0.2) is 19.2 Å². The second-order valence-electron chi connectivity index (χ2n) is 7.67. The SMILES string of the molecule is CCOCCn1c(=O)c2c([nH]c3[n+]2C[C@@H](C)CN3c2ccc(OC)cc2)n(C)c1=O. The maximum absolute atomic E-state index is 13.3. The van der Waals surface area contributed by atoms with Crippen molar-refractivity contribution in [2.75, 3.05) is 31.8 Å². The number of rotatable bonds is 6. The lowest BCUT2D eigenvalue weighted by Crippen LogP contribution is -2.52. The molecule has 0 fully saturated rings. The number of H-pyrrole nitrogens is 1. The first-order chi connectivity index (χ1) is 14.5. The molecule has 1 aliphatic rings. The van der Waals surface area contributed by atoms with E-state index in [-0.39, 0.29) is 17.8 Å². The highest BCUT2D eigenvalue weighted by Gasteiger charge is 2.35. The van der Waals surface area contributed by atoms with Gasteiger partial charge in [0.25, 0.3) is 5.56 Å². The van der Waals surface area contributed by atoms with Crippen LogP contribution < -0.4 is 25.5 Å². The Hall–Kier alpha value is -3.07. The fourth-order valence-corrected chi connectivity index (χ4v) is 4.06. The number of aromatic amines is 1. The fourth-order valence-electron chi connectivity index (χ4n) is 4.06. The Labute approximate surface area is 174 Å². The molecule has 4 rings (SSSR count). The molecule has 160 valence electrons. The Morgan fingerprint density at radius 3 is 2.63 bits per heavy atom. The van der Waals surface area contributed by atoms with E-state index in [2.05, 4.69) is 16.8 Å². The van der Waals surface area contributed by atoms with Gasteiger partial charge < -0.3 is 9.47 Å². The quantitative estimate of drug-likeness (QED) is 0.483. The predicted molar refractivity (Wildman–Crippen MR) is 114 cm³/mol. The largest absolute Gasteiger partial charge is 0.497 e. The number of nitrogens with zero attached hydrogens (tertiary/aromatic N) is 4. The normalized spacial score (nSPS) is 16.1. The van der Waals surface area contributed by atoms with Gasteiger partial charge in [0, 0.05) is 19.6 Å². The number of methoxy groups -OCH3 is 1. The van der Waals surface area contributed by atoms with E-state index in [1.54, 1.807) is 14.2 Å². The maximum atomic E-state index is 13.3. The van der Waals surface area contributed by atoms with E-state index in [0.717, 1.165) is 23.9 Å². The Morgan fingerprint density at radius 2 is 1.97 bits per heavy atom. The molecule has 1 N–H and O–H groups in total. The van der Waals surface area contributed by atoms with Gasteiger partial charge in [0.15, 0.2) is 0 Å². The standard InChI is InChI=1S/C21H27N5O4/c1-5-30-11-10-24-19(27)17-18(23(3)21(24)28)22-20-25(12-14(2)13-26(17)20)15-6-8-16(29-4)9-7-15/h6-9,14H,5,10-13H2,1-4H3/p+1/t14-/m0/s1. The number of nitrogens with one attached hydrogen (secondary N) is 1. The van der Waals surface area contributed by atoms with Crippen molar-refractivity contribution in [2.45, 2.75) is 26.9 Å². The molecule has 1 aromatic carbocycles. The average molecular weight is 414 g/mol. The third-order valence-electron chi connectivity index (χ3n) is 5.57. The van der Waals surface area contributed by atoms with Crippen molar-refractivity contribution in [3.8, 4) is 5.75 Å². The van der Waals surface area contributed by atoms with E-state index in [1.807, 2.05) is 35.8 Å². The molecule has 1 atom stereocenters. The molecule has 1 aliphatic heterocycles. The first kappa shape index (κ1) is 20.2. The van der Waals surface area contributed by atoms with E-state index in [0.29, 0.717) is 36.8 Å². The molecule has 30 heavy (non-hydrogen) atoms. The van der Waals surface area contributed by atoms with Crippen LogP contribution in [0.4, 0.5) is 11.6 Å². The molecule has 0 amide bonds. The van der Waals surface area contributed by atoms with Crippen LogP contribution in [-0.4, -0.2) is 41.0 Å². The average Bonchev–Trinajstić information content (AvgIpc) is 3.13. The van der Waals surface area contributed by atoms with Crippen LogP contribution in [0, 0.1) is 5.92 Å². The van der Waals surface area contributed by atoms with Gasteiger partial charge in [-0.3, -0.25) is 13.9 Å². The zero-order chi connectivity index (χ0) is 21.4. The summed E-state index contributed by atoms with van der Waals surface area (Å²) < 4.78 is 15.4. The number of aryl methyl sites for hydroxylation is 1. The van der Waals surface area contributed by atoms with Crippen LogP contribution in [0.2, 0.25) is 0 Å². The molecule has 3 heterocycles. The Balaban J connectivity index is 1.88. The van der Waals surface area contributed by atoms with Gasteiger partial charge in [0.05, 0.1) is 33.4 Å². The van der Waals surface area contributed by atoms with Crippen molar-refractivity contribution in [1.29, 1.82) is 0 Å². The number of aromatic nitrogens is 4. The van der Waals surface area contributed by atoms with E-state index in [9.17, 15) is 9.59 Å². The minimum absolute atomic E-state index is 0.230. The highest BCUT2D eigenvalue weighted by Crippen LogP contribution is 2.29. The third-order valence-corrected chi connectivity index (χ3v) is 5.57. The van der Waals surface area contributed by atoms with E-state index >= 15 is 0 Å². The smallest absolute Gasteiger partial charge is 0.364 e. The summed E-state index contributed by atoms with van der Waals surface area (Å²) in [6, 6.07) is 7.81. The van der Waals surface area contributed by atoms with Crippen LogP contribution in [0.15, 0.2) is 33.9 Å². The summed E-state index contributed by atoms with van der Waals surface area (Å²) in [7, 11) is 3.33.